The summed E-state index contributed by atoms with van der Waals surface area (Å²) >= 11 is 7.66. The van der Waals surface area contributed by atoms with Gasteiger partial charge in [-0.05, 0) is 40.2 Å². The maximum Gasteiger partial charge on any atom is 0.210 e. The van der Waals surface area contributed by atoms with Gasteiger partial charge in [-0.1, -0.05) is 41.3 Å². The molecule has 1 N–H and O–H groups in total. The van der Waals surface area contributed by atoms with Gasteiger partial charge >= 0.3 is 0 Å². The molecular weight excluding hydrogens is 402 g/mol. The Balaban J connectivity index is 1.57. The van der Waals surface area contributed by atoms with Crippen molar-refractivity contribution in [2.75, 3.05) is 11.1 Å². The van der Waals surface area contributed by atoms with Crippen LogP contribution in [0.25, 0.3) is 0 Å². The molecule has 0 radical (unpaired) electrons. The van der Waals surface area contributed by atoms with E-state index >= 15 is 0 Å². The number of hydrogen-bond donors (Lipinski definition) is 1. The van der Waals surface area contributed by atoms with Crippen LogP contribution in [0.4, 0.5) is 10.8 Å². The number of hydrogen-bond acceptors (Lipinski definition) is 7. The van der Waals surface area contributed by atoms with Gasteiger partial charge in [0, 0.05) is 5.69 Å². The molecule has 2 heterocycles. The first-order chi connectivity index (χ1) is 10.7. The molecule has 112 valence electrons. The van der Waals surface area contributed by atoms with Gasteiger partial charge in [-0.25, -0.2) is 0 Å². The van der Waals surface area contributed by atoms with E-state index in [-0.39, 0.29) is 5.78 Å². The van der Waals surface area contributed by atoms with Crippen molar-refractivity contribution >= 4 is 67.0 Å². The zero-order valence-corrected chi connectivity index (χ0v) is 15.2. The van der Waals surface area contributed by atoms with Gasteiger partial charge in [0.25, 0.3) is 0 Å². The molecule has 1 aromatic carbocycles. The quantitative estimate of drug-likeness (QED) is 0.452. The van der Waals surface area contributed by atoms with Crippen LogP contribution in [0.5, 0.6) is 0 Å². The molecule has 22 heavy (non-hydrogen) atoms. The highest BCUT2D eigenvalue weighted by atomic mass is 79.9. The van der Waals surface area contributed by atoms with E-state index in [0.29, 0.717) is 5.75 Å². The Morgan fingerprint density at radius 2 is 1.95 bits per heavy atom. The normalized spacial score (nSPS) is 10.6. The molecule has 0 bridgehead atoms. The van der Waals surface area contributed by atoms with Gasteiger partial charge < -0.3 is 5.32 Å². The van der Waals surface area contributed by atoms with E-state index in [4.69, 9.17) is 0 Å². The lowest BCUT2D eigenvalue weighted by Crippen LogP contribution is -1.98. The maximum absolute atomic E-state index is 12.0. The summed E-state index contributed by atoms with van der Waals surface area (Å²) in [6, 6.07) is 13.5. The Hall–Kier alpha value is -1.22. The molecule has 0 spiro atoms. The Kier molecular flexibility index (Phi) is 5.24. The Labute approximate surface area is 148 Å². The smallest absolute Gasteiger partial charge is 0.210 e. The van der Waals surface area contributed by atoms with E-state index in [1.165, 1.54) is 34.4 Å². The van der Waals surface area contributed by atoms with E-state index in [1.54, 1.807) is 0 Å². The summed E-state index contributed by atoms with van der Waals surface area (Å²) in [5.74, 6) is 0.473. The van der Waals surface area contributed by atoms with Gasteiger partial charge in [-0.3, -0.25) is 4.79 Å². The Morgan fingerprint density at radius 3 is 2.68 bits per heavy atom. The molecule has 0 aliphatic rings. The summed E-state index contributed by atoms with van der Waals surface area (Å²) in [5, 5.41) is 12.1. The van der Waals surface area contributed by atoms with Crippen LogP contribution in [0.15, 0.2) is 50.6 Å². The van der Waals surface area contributed by atoms with Crippen LogP contribution in [-0.4, -0.2) is 21.7 Å². The minimum absolute atomic E-state index is 0.105. The third-order valence-corrected chi connectivity index (χ3v) is 6.24. The number of benzene rings is 1. The lowest BCUT2D eigenvalue weighted by Gasteiger charge is -1.99. The van der Waals surface area contributed by atoms with Gasteiger partial charge in [0.15, 0.2) is 10.1 Å². The number of halogens is 1. The monoisotopic (exact) mass is 411 g/mol. The van der Waals surface area contributed by atoms with Gasteiger partial charge in [0.1, 0.15) is 0 Å². The molecule has 3 aromatic rings. The predicted molar refractivity (Wildman–Crippen MR) is 96.7 cm³/mol. The van der Waals surface area contributed by atoms with Crippen LogP contribution >= 0.6 is 50.4 Å². The fourth-order valence-electron chi connectivity index (χ4n) is 1.63. The van der Waals surface area contributed by atoms with Crippen molar-refractivity contribution in [3.8, 4) is 0 Å². The van der Waals surface area contributed by atoms with Gasteiger partial charge in [0.2, 0.25) is 5.13 Å². The third kappa shape index (κ3) is 4.16. The molecule has 0 unspecified atom stereocenters. The van der Waals surface area contributed by atoms with Crippen molar-refractivity contribution in [2.45, 2.75) is 4.34 Å². The standard InChI is InChI=1S/C14H10BrN3OS3/c15-12-7-6-11(21-12)10(19)8-20-14-18-17-13(22-14)16-9-4-2-1-3-5-9/h1-7H,8H2,(H,16,17). The second-order valence-corrected chi connectivity index (χ2v) is 8.84. The fraction of sp³-hybridized carbons (Fsp3) is 0.0714. The van der Waals surface area contributed by atoms with E-state index in [1.807, 2.05) is 42.5 Å². The van der Waals surface area contributed by atoms with Crippen molar-refractivity contribution in [3.63, 3.8) is 0 Å². The first kappa shape index (κ1) is 15.7. The van der Waals surface area contributed by atoms with Gasteiger partial charge in [0.05, 0.1) is 14.4 Å². The number of ketones is 1. The molecule has 2 aromatic heterocycles. The van der Waals surface area contributed by atoms with Crippen molar-refractivity contribution < 1.29 is 4.79 Å². The van der Waals surface area contributed by atoms with E-state index in [2.05, 4.69) is 31.4 Å². The highest BCUT2D eigenvalue weighted by Crippen LogP contribution is 2.29. The largest absolute Gasteiger partial charge is 0.330 e. The number of carbonyl (C=O) groups excluding carboxylic acids is 1. The Bertz CT molecular complexity index is 773. The zero-order chi connectivity index (χ0) is 15.4. The Morgan fingerprint density at radius 1 is 1.14 bits per heavy atom. The number of anilines is 2. The molecule has 0 amide bonds. The highest BCUT2D eigenvalue weighted by molar-refractivity contribution is 9.11. The second kappa shape index (κ2) is 7.36. The highest BCUT2D eigenvalue weighted by Gasteiger charge is 2.12. The first-order valence-electron chi connectivity index (χ1n) is 6.27. The molecule has 0 saturated carbocycles. The van der Waals surface area contributed by atoms with Crippen molar-refractivity contribution in [1.82, 2.24) is 10.2 Å². The molecule has 3 rings (SSSR count). The van der Waals surface area contributed by atoms with Crippen LogP contribution in [0, 0.1) is 0 Å². The number of rotatable bonds is 6. The third-order valence-electron chi connectivity index (χ3n) is 2.61. The van der Waals surface area contributed by atoms with Crippen molar-refractivity contribution in [1.29, 1.82) is 0 Å². The summed E-state index contributed by atoms with van der Waals surface area (Å²) in [4.78, 5) is 12.8. The fourth-order valence-corrected chi connectivity index (χ4v) is 4.70. The summed E-state index contributed by atoms with van der Waals surface area (Å²) in [6.07, 6.45) is 0. The molecule has 0 atom stereocenters. The molecule has 4 nitrogen and oxygen atoms in total. The maximum atomic E-state index is 12.0. The molecule has 0 saturated heterocycles. The molecule has 0 aliphatic carbocycles. The number of thioether (sulfide) groups is 1. The first-order valence-corrected chi connectivity index (χ1v) is 9.69. The molecule has 8 heteroatoms. The van der Waals surface area contributed by atoms with Crippen LogP contribution < -0.4 is 5.32 Å². The van der Waals surface area contributed by atoms with Gasteiger partial charge in [-0.15, -0.1) is 21.5 Å². The number of aromatic nitrogens is 2. The number of Topliss-reactive ketones (excluding diaryl/α,β-unsaturated/α-hetero) is 1. The van der Waals surface area contributed by atoms with E-state index < -0.39 is 0 Å². The predicted octanol–water partition coefficient (Wildman–Crippen LogP) is 5.08. The summed E-state index contributed by atoms with van der Waals surface area (Å²) in [5.41, 5.74) is 0.967. The SMILES string of the molecule is O=C(CSc1nnc(Nc2ccccc2)s1)c1ccc(Br)s1. The van der Waals surface area contributed by atoms with Crippen molar-refractivity contribution in [2.24, 2.45) is 0 Å². The average Bonchev–Trinajstić information content (AvgIpc) is 3.15. The number of nitrogens with zero attached hydrogens (tertiary/aromatic N) is 2. The number of thiophene rings is 1. The van der Waals surface area contributed by atoms with E-state index in [0.717, 1.165) is 23.8 Å². The van der Waals surface area contributed by atoms with Crippen LogP contribution in [-0.2, 0) is 0 Å². The topological polar surface area (TPSA) is 54.9 Å². The number of para-hydroxylation sites is 1. The van der Waals surface area contributed by atoms with E-state index in [9.17, 15) is 4.79 Å². The summed E-state index contributed by atoms with van der Waals surface area (Å²) in [7, 11) is 0. The summed E-state index contributed by atoms with van der Waals surface area (Å²) in [6.45, 7) is 0. The van der Waals surface area contributed by atoms with Crippen LogP contribution in [0.3, 0.4) is 0 Å². The lowest BCUT2D eigenvalue weighted by molar-refractivity contribution is 0.102. The second-order valence-electron chi connectivity index (χ2n) is 4.18. The minimum Gasteiger partial charge on any atom is -0.330 e. The summed E-state index contributed by atoms with van der Waals surface area (Å²) < 4.78 is 1.74. The number of nitrogens with one attached hydrogen (secondary N) is 1. The molecular formula is C14H10BrN3OS3. The lowest BCUT2D eigenvalue weighted by atomic mass is 10.3. The molecule has 0 aliphatic heterocycles. The van der Waals surface area contributed by atoms with Gasteiger partial charge in [-0.2, -0.15) is 0 Å². The number of carbonyl (C=O) groups is 1. The minimum atomic E-state index is 0.105. The average molecular weight is 412 g/mol. The van der Waals surface area contributed by atoms with Crippen LogP contribution in [0.1, 0.15) is 9.67 Å². The molecule has 0 fully saturated rings. The zero-order valence-electron chi connectivity index (χ0n) is 11.2. The van der Waals surface area contributed by atoms with Crippen LogP contribution in [0.2, 0.25) is 0 Å². The van der Waals surface area contributed by atoms with Crippen molar-refractivity contribution in [3.05, 3.63) is 51.1 Å².